The minimum atomic E-state index is -0.173. The van der Waals surface area contributed by atoms with Crippen LogP contribution in [0.25, 0.3) is 0 Å². The molecule has 2 atom stereocenters. The zero-order valence-corrected chi connectivity index (χ0v) is 14.8. The van der Waals surface area contributed by atoms with Gasteiger partial charge in [-0.2, -0.15) is 0 Å². The summed E-state index contributed by atoms with van der Waals surface area (Å²) >= 11 is 0. The fourth-order valence-corrected chi connectivity index (χ4v) is 2.70. The fourth-order valence-electron chi connectivity index (χ4n) is 2.70. The number of carbonyl (C=O) groups excluding carboxylic acids is 3. The molecule has 0 aromatic carbocycles. The number of carbonyl (C=O) groups is 3. The maximum atomic E-state index is 12.2. The lowest BCUT2D eigenvalue weighted by molar-refractivity contribution is -0.137. The summed E-state index contributed by atoms with van der Waals surface area (Å²) in [4.78, 5) is 36.4. The molecule has 0 aliphatic carbocycles. The average Bonchev–Trinajstić information content (AvgIpc) is 2.48. The Balaban J connectivity index is 0.00000484. The second-order valence-corrected chi connectivity index (χ2v) is 5.94. The Morgan fingerprint density at radius 3 is 2.43 bits per heavy atom. The molecule has 1 heterocycles. The van der Waals surface area contributed by atoms with Crippen molar-refractivity contribution in [3.8, 4) is 0 Å². The molecule has 8 heteroatoms. The lowest BCUT2D eigenvalue weighted by atomic mass is 9.92. The summed E-state index contributed by atoms with van der Waals surface area (Å²) in [6.45, 7) is 5.57. The molecule has 23 heavy (non-hydrogen) atoms. The van der Waals surface area contributed by atoms with Crippen LogP contribution >= 0.6 is 12.4 Å². The standard InChI is InChI=1S/C15H28N4O3.ClH/c1-11-5-8-19(13(9-11)10-16)15(22)4-3-14(21)18-7-6-17-12(2)20;/h11,13H,3-10,16H2,1-2H3,(H,17,20)(H,18,21);1H. The van der Waals surface area contributed by atoms with Gasteiger partial charge >= 0.3 is 0 Å². The van der Waals surface area contributed by atoms with E-state index in [2.05, 4.69) is 17.6 Å². The molecule has 0 spiro atoms. The lowest BCUT2D eigenvalue weighted by Gasteiger charge is -2.38. The molecule has 0 saturated carbocycles. The van der Waals surface area contributed by atoms with Crippen LogP contribution in [0.1, 0.15) is 39.5 Å². The maximum Gasteiger partial charge on any atom is 0.223 e. The van der Waals surface area contributed by atoms with Gasteiger partial charge in [0, 0.05) is 52.0 Å². The molecule has 7 nitrogen and oxygen atoms in total. The highest BCUT2D eigenvalue weighted by Crippen LogP contribution is 2.22. The molecule has 3 amide bonds. The van der Waals surface area contributed by atoms with Gasteiger partial charge in [-0.25, -0.2) is 0 Å². The molecule has 1 fully saturated rings. The Hall–Kier alpha value is -1.34. The number of piperidine rings is 1. The van der Waals surface area contributed by atoms with Gasteiger partial charge in [-0.15, -0.1) is 12.4 Å². The smallest absolute Gasteiger partial charge is 0.223 e. The van der Waals surface area contributed by atoms with Gasteiger partial charge in [-0.1, -0.05) is 6.92 Å². The molecule has 1 saturated heterocycles. The van der Waals surface area contributed by atoms with Crippen LogP contribution in [0, 0.1) is 5.92 Å². The van der Waals surface area contributed by atoms with Crippen LogP contribution < -0.4 is 16.4 Å². The molecule has 1 rings (SSSR count). The van der Waals surface area contributed by atoms with Crippen LogP contribution in [0.15, 0.2) is 0 Å². The molecule has 2 unspecified atom stereocenters. The van der Waals surface area contributed by atoms with Crippen molar-refractivity contribution in [3.05, 3.63) is 0 Å². The van der Waals surface area contributed by atoms with E-state index in [1.54, 1.807) is 0 Å². The molecule has 1 aliphatic rings. The van der Waals surface area contributed by atoms with Gasteiger partial charge < -0.3 is 21.3 Å². The second-order valence-electron chi connectivity index (χ2n) is 5.94. The van der Waals surface area contributed by atoms with Crippen molar-refractivity contribution in [1.29, 1.82) is 0 Å². The molecule has 0 aromatic rings. The molecular formula is C15H29ClN4O3. The van der Waals surface area contributed by atoms with Crippen molar-refractivity contribution in [2.24, 2.45) is 11.7 Å². The van der Waals surface area contributed by atoms with Crippen molar-refractivity contribution in [1.82, 2.24) is 15.5 Å². The van der Waals surface area contributed by atoms with Gasteiger partial charge in [0.25, 0.3) is 0 Å². The fraction of sp³-hybridized carbons (Fsp3) is 0.800. The molecule has 0 aromatic heterocycles. The van der Waals surface area contributed by atoms with Crippen LogP contribution in [-0.2, 0) is 14.4 Å². The van der Waals surface area contributed by atoms with E-state index in [-0.39, 0.29) is 49.0 Å². The first-order valence-electron chi connectivity index (χ1n) is 7.94. The Morgan fingerprint density at radius 2 is 1.83 bits per heavy atom. The van der Waals surface area contributed by atoms with E-state index < -0.39 is 0 Å². The summed E-state index contributed by atoms with van der Waals surface area (Å²) in [6.07, 6.45) is 2.30. The van der Waals surface area contributed by atoms with Crippen LogP contribution in [0.5, 0.6) is 0 Å². The Kier molecular flexibility index (Phi) is 10.6. The largest absolute Gasteiger partial charge is 0.355 e. The Labute approximate surface area is 144 Å². The number of hydrogen-bond acceptors (Lipinski definition) is 4. The summed E-state index contributed by atoms with van der Waals surface area (Å²) < 4.78 is 0. The third-order valence-electron chi connectivity index (χ3n) is 3.96. The van der Waals surface area contributed by atoms with E-state index in [1.807, 2.05) is 4.90 Å². The third-order valence-corrected chi connectivity index (χ3v) is 3.96. The predicted molar refractivity (Wildman–Crippen MR) is 91.1 cm³/mol. The van der Waals surface area contributed by atoms with E-state index in [0.29, 0.717) is 25.6 Å². The number of hydrogen-bond donors (Lipinski definition) is 3. The maximum absolute atomic E-state index is 12.2. The summed E-state index contributed by atoms with van der Waals surface area (Å²) in [6, 6.07) is 0.0964. The number of nitrogens with zero attached hydrogens (tertiary/aromatic N) is 1. The third kappa shape index (κ3) is 8.18. The summed E-state index contributed by atoms with van der Waals surface area (Å²) in [5, 5.41) is 5.27. The number of nitrogens with two attached hydrogens (primary N) is 1. The minimum Gasteiger partial charge on any atom is -0.355 e. The SMILES string of the molecule is CC(=O)NCCNC(=O)CCC(=O)N1CCC(C)CC1CN.Cl. The molecule has 0 bridgehead atoms. The van der Waals surface area contributed by atoms with Gasteiger partial charge in [0.05, 0.1) is 0 Å². The first-order valence-corrected chi connectivity index (χ1v) is 7.94. The van der Waals surface area contributed by atoms with E-state index in [9.17, 15) is 14.4 Å². The van der Waals surface area contributed by atoms with E-state index in [1.165, 1.54) is 6.92 Å². The zero-order chi connectivity index (χ0) is 16.5. The van der Waals surface area contributed by atoms with Crippen LogP contribution in [-0.4, -0.2) is 54.8 Å². The van der Waals surface area contributed by atoms with Gasteiger partial charge in [-0.3, -0.25) is 14.4 Å². The van der Waals surface area contributed by atoms with Crippen molar-refractivity contribution < 1.29 is 14.4 Å². The van der Waals surface area contributed by atoms with Crippen LogP contribution in [0.3, 0.4) is 0 Å². The number of rotatable bonds is 7. The number of nitrogens with one attached hydrogen (secondary N) is 2. The highest BCUT2D eigenvalue weighted by molar-refractivity contribution is 5.85. The molecule has 4 N–H and O–H groups in total. The van der Waals surface area contributed by atoms with E-state index >= 15 is 0 Å². The minimum absolute atomic E-state index is 0. The monoisotopic (exact) mass is 348 g/mol. The predicted octanol–water partition coefficient (Wildman–Crippen LogP) is 0.0265. The van der Waals surface area contributed by atoms with Gasteiger partial charge in [0.1, 0.15) is 0 Å². The summed E-state index contributed by atoms with van der Waals surface area (Å²) in [5.41, 5.74) is 5.75. The van der Waals surface area contributed by atoms with Gasteiger partial charge in [-0.05, 0) is 18.8 Å². The first kappa shape index (κ1) is 21.7. The molecular weight excluding hydrogens is 320 g/mol. The molecule has 134 valence electrons. The van der Waals surface area contributed by atoms with E-state index in [0.717, 1.165) is 19.4 Å². The van der Waals surface area contributed by atoms with Crippen molar-refractivity contribution >= 4 is 30.1 Å². The van der Waals surface area contributed by atoms with E-state index in [4.69, 9.17) is 5.73 Å². The van der Waals surface area contributed by atoms with Crippen molar-refractivity contribution in [3.63, 3.8) is 0 Å². The lowest BCUT2D eigenvalue weighted by Crippen LogP contribution is -2.49. The average molecular weight is 349 g/mol. The van der Waals surface area contributed by atoms with Crippen molar-refractivity contribution in [2.45, 2.75) is 45.6 Å². The Bertz CT molecular complexity index is 406. The van der Waals surface area contributed by atoms with Gasteiger partial charge in [0.2, 0.25) is 17.7 Å². The number of halogens is 1. The van der Waals surface area contributed by atoms with Gasteiger partial charge in [0.15, 0.2) is 0 Å². The number of amides is 3. The van der Waals surface area contributed by atoms with Crippen LogP contribution in [0.2, 0.25) is 0 Å². The second kappa shape index (κ2) is 11.2. The number of likely N-dealkylation sites (tertiary alicyclic amines) is 1. The molecule has 0 radical (unpaired) electrons. The molecule has 1 aliphatic heterocycles. The zero-order valence-electron chi connectivity index (χ0n) is 14.0. The summed E-state index contributed by atoms with van der Waals surface area (Å²) in [7, 11) is 0. The topological polar surface area (TPSA) is 105 Å². The normalized spacial score (nSPS) is 20.4. The first-order chi connectivity index (χ1) is 10.4. The summed E-state index contributed by atoms with van der Waals surface area (Å²) in [5.74, 6) is 0.291. The highest BCUT2D eigenvalue weighted by Gasteiger charge is 2.28. The Morgan fingerprint density at radius 1 is 1.17 bits per heavy atom. The highest BCUT2D eigenvalue weighted by atomic mass is 35.5. The van der Waals surface area contributed by atoms with Crippen LogP contribution in [0.4, 0.5) is 0 Å². The van der Waals surface area contributed by atoms with Crippen molar-refractivity contribution in [2.75, 3.05) is 26.2 Å². The quantitative estimate of drug-likeness (QED) is 0.564.